The average Bonchev–Trinajstić information content (AvgIpc) is 2.63. The molecule has 0 atom stereocenters. The van der Waals surface area contributed by atoms with E-state index in [1.54, 1.807) is 0 Å². The van der Waals surface area contributed by atoms with Crippen LogP contribution in [0.4, 0.5) is 0 Å². The lowest BCUT2D eigenvalue weighted by molar-refractivity contribution is 0.0949. The van der Waals surface area contributed by atoms with Crippen LogP contribution in [0, 0.1) is 9.49 Å². The Bertz CT molecular complexity index is 723. The molecule has 1 aliphatic rings. The van der Waals surface area contributed by atoms with Crippen molar-refractivity contribution < 1.29 is 4.79 Å². The molecule has 0 bridgehead atoms. The molecule has 0 aliphatic carbocycles. The predicted molar refractivity (Wildman–Crippen MR) is 110 cm³/mol. The number of benzene rings is 2. The van der Waals surface area contributed by atoms with Gasteiger partial charge in [0.15, 0.2) is 0 Å². The van der Waals surface area contributed by atoms with Crippen molar-refractivity contribution in [1.82, 2.24) is 10.2 Å². The molecule has 0 saturated carbocycles. The third-order valence-electron chi connectivity index (χ3n) is 4.95. The number of rotatable bonds is 5. The van der Waals surface area contributed by atoms with E-state index in [-0.39, 0.29) is 5.91 Å². The third kappa shape index (κ3) is 5.05. The Kier molecular flexibility index (Phi) is 6.48. The summed E-state index contributed by atoms with van der Waals surface area (Å²) >= 11 is 2.21. The van der Waals surface area contributed by atoms with Crippen molar-refractivity contribution in [2.45, 2.75) is 32.9 Å². The lowest BCUT2D eigenvalue weighted by Gasteiger charge is -2.30. The van der Waals surface area contributed by atoms with Gasteiger partial charge in [-0.1, -0.05) is 43.3 Å². The van der Waals surface area contributed by atoms with Gasteiger partial charge in [-0.3, -0.25) is 9.69 Å². The van der Waals surface area contributed by atoms with E-state index in [0.29, 0.717) is 6.54 Å². The van der Waals surface area contributed by atoms with Gasteiger partial charge in [-0.25, -0.2) is 0 Å². The molecule has 1 aliphatic heterocycles. The average molecular weight is 448 g/mol. The first-order valence-electron chi connectivity index (χ1n) is 8.95. The van der Waals surface area contributed by atoms with Gasteiger partial charge in [-0.2, -0.15) is 0 Å². The molecule has 1 saturated heterocycles. The summed E-state index contributed by atoms with van der Waals surface area (Å²) < 4.78 is 0.980. The number of hydrogen-bond acceptors (Lipinski definition) is 2. The van der Waals surface area contributed by atoms with Crippen LogP contribution < -0.4 is 5.32 Å². The molecule has 132 valence electrons. The zero-order valence-corrected chi connectivity index (χ0v) is 16.8. The fourth-order valence-corrected chi connectivity index (χ4v) is 3.89. The number of piperidine rings is 1. The van der Waals surface area contributed by atoms with Crippen LogP contribution in [0.25, 0.3) is 0 Å². The Labute approximate surface area is 164 Å². The van der Waals surface area contributed by atoms with Crippen molar-refractivity contribution in [1.29, 1.82) is 0 Å². The number of likely N-dealkylation sites (tertiary alicyclic amines) is 1. The van der Waals surface area contributed by atoms with E-state index in [0.717, 1.165) is 21.6 Å². The Hall–Kier alpha value is -1.40. The molecular formula is C21H25IN2O. The zero-order chi connectivity index (χ0) is 17.6. The van der Waals surface area contributed by atoms with Crippen LogP contribution >= 0.6 is 22.6 Å². The summed E-state index contributed by atoms with van der Waals surface area (Å²) in [6, 6.07) is 16.1. The van der Waals surface area contributed by atoms with Crippen LogP contribution in [0.3, 0.4) is 0 Å². The largest absolute Gasteiger partial charge is 0.348 e. The van der Waals surface area contributed by atoms with E-state index in [4.69, 9.17) is 0 Å². The number of amides is 1. The van der Waals surface area contributed by atoms with Crippen LogP contribution in [0.5, 0.6) is 0 Å². The van der Waals surface area contributed by atoms with Gasteiger partial charge in [0.2, 0.25) is 0 Å². The summed E-state index contributed by atoms with van der Waals surface area (Å²) in [6.45, 7) is 6.23. The molecule has 1 fully saturated rings. The Morgan fingerprint density at radius 2 is 1.72 bits per heavy atom. The molecule has 2 aromatic rings. The quantitative estimate of drug-likeness (QED) is 0.686. The third-order valence-corrected chi connectivity index (χ3v) is 5.89. The Balaban J connectivity index is 1.63. The number of nitrogens with one attached hydrogen (secondary N) is 1. The molecule has 0 radical (unpaired) electrons. The lowest BCUT2D eigenvalue weighted by Crippen LogP contribution is -2.33. The molecule has 3 rings (SSSR count). The first-order chi connectivity index (χ1) is 12.1. The van der Waals surface area contributed by atoms with Crippen LogP contribution in [0.15, 0.2) is 48.5 Å². The molecule has 0 spiro atoms. The first-order valence-corrected chi connectivity index (χ1v) is 10.0. The summed E-state index contributed by atoms with van der Waals surface area (Å²) in [5.74, 6) is 0.839. The SMILES string of the molecule is CC1CCN(Cc2ccccc2CNC(=O)c2ccccc2I)CC1. The maximum atomic E-state index is 12.4. The summed E-state index contributed by atoms with van der Waals surface area (Å²) in [6.07, 6.45) is 2.57. The van der Waals surface area contributed by atoms with E-state index in [1.807, 2.05) is 24.3 Å². The minimum absolute atomic E-state index is 0.00778. The van der Waals surface area contributed by atoms with Crippen LogP contribution in [-0.2, 0) is 13.1 Å². The number of nitrogens with zero attached hydrogens (tertiary/aromatic N) is 1. The minimum Gasteiger partial charge on any atom is -0.348 e. The van der Waals surface area contributed by atoms with Gasteiger partial charge in [0.1, 0.15) is 0 Å². The second-order valence-electron chi connectivity index (χ2n) is 6.89. The summed E-state index contributed by atoms with van der Waals surface area (Å²) in [5, 5.41) is 3.08. The van der Waals surface area contributed by atoms with E-state index < -0.39 is 0 Å². The van der Waals surface area contributed by atoms with Crippen LogP contribution in [0.2, 0.25) is 0 Å². The summed E-state index contributed by atoms with van der Waals surface area (Å²) in [7, 11) is 0. The fraction of sp³-hybridized carbons (Fsp3) is 0.381. The number of hydrogen-bond donors (Lipinski definition) is 1. The van der Waals surface area contributed by atoms with Crippen molar-refractivity contribution in [3.63, 3.8) is 0 Å². The fourth-order valence-electron chi connectivity index (χ4n) is 3.26. The molecule has 1 N–H and O–H groups in total. The lowest BCUT2D eigenvalue weighted by atomic mass is 9.98. The standard InChI is InChI=1S/C21H25IN2O/c1-16-10-12-24(13-11-16)15-18-7-3-2-6-17(18)14-23-21(25)19-8-4-5-9-20(19)22/h2-9,16H,10-15H2,1H3,(H,23,25). The highest BCUT2D eigenvalue weighted by Gasteiger charge is 2.17. The minimum atomic E-state index is -0.00778. The molecule has 1 heterocycles. The van der Waals surface area contributed by atoms with Gasteiger partial charge < -0.3 is 5.32 Å². The highest BCUT2D eigenvalue weighted by atomic mass is 127. The number of carbonyl (C=O) groups is 1. The molecule has 3 nitrogen and oxygen atoms in total. The monoisotopic (exact) mass is 448 g/mol. The molecule has 0 aromatic heterocycles. The van der Waals surface area contributed by atoms with Gasteiger partial charge in [-0.05, 0) is 77.7 Å². The van der Waals surface area contributed by atoms with E-state index in [2.05, 4.69) is 64.0 Å². The van der Waals surface area contributed by atoms with Gasteiger partial charge in [-0.15, -0.1) is 0 Å². The smallest absolute Gasteiger partial charge is 0.252 e. The highest BCUT2D eigenvalue weighted by Crippen LogP contribution is 2.20. The van der Waals surface area contributed by atoms with E-state index in [1.165, 1.54) is 37.1 Å². The summed E-state index contributed by atoms with van der Waals surface area (Å²) in [4.78, 5) is 15.0. The second kappa shape index (κ2) is 8.81. The number of halogens is 1. The van der Waals surface area contributed by atoms with Gasteiger partial charge in [0, 0.05) is 16.7 Å². The van der Waals surface area contributed by atoms with E-state index >= 15 is 0 Å². The molecule has 4 heteroatoms. The van der Waals surface area contributed by atoms with Gasteiger partial charge >= 0.3 is 0 Å². The second-order valence-corrected chi connectivity index (χ2v) is 8.05. The van der Waals surface area contributed by atoms with Crippen molar-refractivity contribution >= 4 is 28.5 Å². The normalized spacial score (nSPS) is 15.9. The van der Waals surface area contributed by atoms with E-state index in [9.17, 15) is 4.79 Å². The maximum Gasteiger partial charge on any atom is 0.252 e. The van der Waals surface area contributed by atoms with Crippen molar-refractivity contribution in [3.8, 4) is 0 Å². The van der Waals surface area contributed by atoms with Crippen molar-refractivity contribution in [2.75, 3.05) is 13.1 Å². The van der Waals surface area contributed by atoms with Gasteiger partial charge in [0.05, 0.1) is 5.56 Å². The number of carbonyl (C=O) groups excluding carboxylic acids is 1. The highest BCUT2D eigenvalue weighted by molar-refractivity contribution is 14.1. The Morgan fingerprint density at radius 3 is 2.44 bits per heavy atom. The van der Waals surface area contributed by atoms with Crippen molar-refractivity contribution in [3.05, 3.63) is 68.8 Å². The first kappa shape index (κ1) is 18.4. The molecular weight excluding hydrogens is 423 g/mol. The molecule has 2 aromatic carbocycles. The topological polar surface area (TPSA) is 32.3 Å². The molecule has 25 heavy (non-hydrogen) atoms. The zero-order valence-electron chi connectivity index (χ0n) is 14.7. The molecule has 0 unspecified atom stereocenters. The Morgan fingerprint density at radius 1 is 1.08 bits per heavy atom. The molecule has 1 amide bonds. The van der Waals surface area contributed by atoms with Crippen molar-refractivity contribution in [2.24, 2.45) is 5.92 Å². The maximum absolute atomic E-state index is 12.4. The summed E-state index contributed by atoms with van der Waals surface area (Å²) in [5.41, 5.74) is 3.27. The van der Waals surface area contributed by atoms with Crippen LogP contribution in [0.1, 0.15) is 41.3 Å². The predicted octanol–water partition coefficient (Wildman–Crippen LogP) is 4.45. The van der Waals surface area contributed by atoms with Gasteiger partial charge in [0.25, 0.3) is 5.91 Å². The van der Waals surface area contributed by atoms with Crippen LogP contribution in [-0.4, -0.2) is 23.9 Å².